The Balaban J connectivity index is 1.86. The van der Waals surface area contributed by atoms with Crippen molar-refractivity contribution in [3.05, 3.63) is 54.1 Å². The summed E-state index contributed by atoms with van der Waals surface area (Å²) in [5, 5.41) is 7.58. The quantitative estimate of drug-likeness (QED) is 0.600. The summed E-state index contributed by atoms with van der Waals surface area (Å²) >= 11 is 0. The zero-order valence-electron chi connectivity index (χ0n) is 16.3. The molecular formula is C20H24N2O6S. The number of benzene rings is 2. The fourth-order valence-corrected chi connectivity index (χ4v) is 3.04. The van der Waals surface area contributed by atoms with Crippen molar-refractivity contribution in [2.75, 3.05) is 11.9 Å². The number of rotatable bonds is 9. The molecule has 0 spiro atoms. The first kappa shape index (κ1) is 22.4. The van der Waals surface area contributed by atoms with Crippen molar-refractivity contribution in [1.29, 1.82) is 0 Å². The molecule has 0 aromatic heterocycles. The number of carbonyl (C=O) groups is 2. The highest BCUT2D eigenvalue weighted by molar-refractivity contribution is 7.89. The van der Waals surface area contributed by atoms with Gasteiger partial charge in [0.2, 0.25) is 10.0 Å². The molecule has 0 bridgehead atoms. The van der Waals surface area contributed by atoms with Gasteiger partial charge in [0.25, 0.3) is 5.91 Å². The zero-order chi connectivity index (χ0) is 21.4. The van der Waals surface area contributed by atoms with Crippen LogP contribution in [-0.2, 0) is 30.8 Å². The van der Waals surface area contributed by atoms with Crippen LogP contribution in [0.25, 0.3) is 0 Å². The number of primary sulfonamides is 1. The van der Waals surface area contributed by atoms with Crippen LogP contribution in [0.5, 0.6) is 5.75 Å². The molecule has 2 aromatic carbocycles. The molecule has 1 atom stereocenters. The fraction of sp³-hybridized carbons (Fsp3) is 0.300. The van der Waals surface area contributed by atoms with Crippen molar-refractivity contribution in [2.45, 2.75) is 37.7 Å². The largest absolute Gasteiger partial charge is 0.494 e. The summed E-state index contributed by atoms with van der Waals surface area (Å²) in [6, 6.07) is 12.8. The molecule has 0 saturated heterocycles. The van der Waals surface area contributed by atoms with E-state index in [1.807, 2.05) is 31.2 Å². The summed E-state index contributed by atoms with van der Waals surface area (Å²) in [5.41, 5.74) is 1.24. The second-order valence-electron chi connectivity index (χ2n) is 6.23. The first-order chi connectivity index (χ1) is 13.7. The first-order valence-corrected chi connectivity index (χ1v) is 10.6. The van der Waals surface area contributed by atoms with E-state index in [-0.39, 0.29) is 11.3 Å². The zero-order valence-corrected chi connectivity index (χ0v) is 17.1. The maximum absolute atomic E-state index is 12.2. The number of aryl methyl sites for hydroxylation is 1. The van der Waals surface area contributed by atoms with Gasteiger partial charge in [-0.1, -0.05) is 18.2 Å². The van der Waals surface area contributed by atoms with Crippen LogP contribution < -0.4 is 15.2 Å². The Kier molecular flexibility index (Phi) is 7.74. The Bertz CT molecular complexity index is 957. The molecule has 0 heterocycles. The molecule has 1 amide bonds. The lowest BCUT2D eigenvalue weighted by molar-refractivity contribution is -0.153. The van der Waals surface area contributed by atoms with Crippen LogP contribution >= 0.6 is 0 Å². The highest BCUT2D eigenvalue weighted by atomic mass is 32.2. The normalized spacial score (nSPS) is 12.1. The van der Waals surface area contributed by atoms with Crippen molar-refractivity contribution in [3.8, 4) is 5.75 Å². The molecule has 0 unspecified atom stereocenters. The van der Waals surface area contributed by atoms with Crippen LogP contribution in [0.4, 0.5) is 5.69 Å². The number of amides is 1. The Morgan fingerprint density at radius 2 is 1.76 bits per heavy atom. The molecule has 0 aliphatic carbocycles. The van der Waals surface area contributed by atoms with E-state index >= 15 is 0 Å². The third kappa shape index (κ3) is 6.88. The molecule has 8 nitrogen and oxygen atoms in total. The van der Waals surface area contributed by atoms with Gasteiger partial charge in [0, 0.05) is 12.1 Å². The van der Waals surface area contributed by atoms with Crippen LogP contribution in [0, 0.1) is 0 Å². The SMILES string of the molecule is CCOc1ccccc1CCC(=O)O[C@H](C)C(=O)Nc1ccc(S(N)(=O)=O)cc1. The summed E-state index contributed by atoms with van der Waals surface area (Å²) in [5.74, 6) is -0.323. The highest BCUT2D eigenvalue weighted by Crippen LogP contribution is 2.20. The molecule has 2 aromatic rings. The van der Waals surface area contributed by atoms with Crippen LogP contribution in [0.3, 0.4) is 0 Å². The number of ether oxygens (including phenoxy) is 2. The fourth-order valence-electron chi connectivity index (χ4n) is 2.52. The van der Waals surface area contributed by atoms with E-state index in [4.69, 9.17) is 14.6 Å². The van der Waals surface area contributed by atoms with Crippen LogP contribution in [-0.4, -0.2) is 33.0 Å². The minimum atomic E-state index is -3.81. The Labute approximate surface area is 170 Å². The molecular weight excluding hydrogens is 396 g/mol. The maximum atomic E-state index is 12.2. The van der Waals surface area contributed by atoms with Crippen LogP contribution in [0.2, 0.25) is 0 Å². The molecule has 29 heavy (non-hydrogen) atoms. The predicted molar refractivity (Wildman–Crippen MR) is 108 cm³/mol. The average Bonchev–Trinajstić information content (AvgIpc) is 2.67. The van der Waals surface area contributed by atoms with Gasteiger partial charge in [0.15, 0.2) is 6.10 Å². The van der Waals surface area contributed by atoms with E-state index in [2.05, 4.69) is 5.32 Å². The predicted octanol–water partition coefficient (Wildman–Crippen LogP) is 2.24. The summed E-state index contributed by atoms with van der Waals surface area (Å²) in [4.78, 5) is 24.2. The summed E-state index contributed by atoms with van der Waals surface area (Å²) in [6.45, 7) is 3.87. The van der Waals surface area contributed by atoms with Gasteiger partial charge in [-0.05, 0) is 56.2 Å². The van der Waals surface area contributed by atoms with Gasteiger partial charge in [0.1, 0.15) is 5.75 Å². The molecule has 0 saturated carbocycles. The first-order valence-electron chi connectivity index (χ1n) is 9.04. The molecule has 0 radical (unpaired) electrons. The maximum Gasteiger partial charge on any atom is 0.306 e. The number of sulfonamides is 1. The molecule has 0 fully saturated rings. The van der Waals surface area contributed by atoms with E-state index in [9.17, 15) is 18.0 Å². The molecule has 156 valence electrons. The summed E-state index contributed by atoms with van der Waals surface area (Å²) in [6.07, 6.45) is -0.481. The van der Waals surface area contributed by atoms with Gasteiger partial charge in [-0.3, -0.25) is 9.59 Å². The topological polar surface area (TPSA) is 125 Å². The van der Waals surface area contributed by atoms with Crippen molar-refractivity contribution in [2.24, 2.45) is 5.14 Å². The Morgan fingerprint density at radius 1 is 1.10 bits per heavy atom. The summed E-state index contributed by atoms with van der Waals surface area (Å²) in [7, 11) is -3.81. The third-order valence-electron chi connectivity index (χ3n) is 4.00. The molecule has 0 aliphatic heterocycles. The Morgan fingerprint density at radius 3 is 2.38 bits per heavy atom. The highest BCUT2D eigenvalue weighted by Gasteiger charge is 2.18. The van der Waals surface area contributed by atoms with Gasteiger partial charge >= 0.3 is 5.97 Å². The van der Waals surface area contributed by atoms with E-state index in [0.717, 1.165) is 11.3 Å². The number of hydrogen-bond acceptors (Lipinski definition) is 6. The minimum Gasteiger partial charge on any atom is -0.494 e. The lowest BCUT2D eigenvalue weighted by Gasteiger charge is -2.14. The number of anilines is 1. The monoisotopic (exact) mass is 420 g/mol. The van der Waals surface area contributed by atoms with E-state index in [0.29, 0.717) is 18.7 Å². The lowest BCUT2D eigenvalue weighted by atomic mass is 10.1. The molecule has 9 heteroatoms. The van der Waals surface area contributed by atoms with Crippen molar-refractivity contribution in [1.82, 2.24) is 0 Å². The van der Waals surface area contributed by atoms with Gasteiger partial charge in [0.05, 0.1) is 11.5 Å². The standard InChI is InChI=1S/C20H24N2O6S/c1-3-27-18-7-5-4-6-15(18)8-13-19(23)28-14(2)20(24)22-16-9-11-17(12-10-16)29(21,25)26/h4-7,9-12,14H,3,8,13H2,1-2H3,(H,22,24)(H2,21,25,26)/t14-/m1/s1. The van der Waals surface area contributed by atoms with E-state index < -0.39 is 28.0 Å². The number of nitrogens with one attached hydrogen (secondary N) is 1. The number of esters is 1. The van der Waals surface area contributed by atoms with Crippen molar-refractivity contribution in [3.63, 3.8) is 0 Å². The second kappa shape index (κ2) is 10.0. The smallest absolute Gasteiger partial charge is 0.306 e. The number of hydrogen-bond donors (Lipinski definition) is 2. The number of nitrogens with two attached hydrogens (primary N) is 1. The second-order valence-corrected chi connectivity index (χ2v) is 7.79. The number of para-hydroxylation sites is 1. The van der Waals surface area contributed by atoms with Gasteiger partial charge in [-0.25, -0.2) is 13.6 Å². The van der Waals surface area contributed by atoms with Gasteiger partial charge < -0.3 is 14.8 Å². The summed E-state index contributed by atoms with van der Waals surface area (Å²) < 4.78 is 33.2. The average molecular weight is 420 g/mol. The van der Waals surface area contributed by atoms with Gasteiger partial charge in [-0.15, -0.1) is 0 Å². The Hall–Kier alpha value is -2.91. The van der Waals surface area contributed by atoms with Gasteiger partial charge in [-0.2, -0.15) is 0 Å². The lowest BCUT2D eigenvalue weighted by Crippen LogP contribution is -2.30. The molecule has 2 rings (SSSR count). The molecule has 3 N–H and O–H groups in total. The van der Waals surface area contributed by atoms with Crippen molar-refractivity contribution < 1.29 is 27.5 Å². The minimum absolute atomic E-state index is 0.0673. The number of carbonyl (C=O) groups excluding carboxylic acids is 2. The van der Waals surface area contributed by atoms with Crippen molar-refractivity contribution >= 4 is 27.6 Å². The van der Waals surface area contributed by atoms with E-state index in [1.165, 1.54) is 31.2 Å². The molecule has 0 aliphatic rings. The van der Waals surface area contributed by atoms with E-state index in [1.54, 1.807) is 0 Å². The van der Waals surface area contributed by atoms with Crippen LogP contribution in [0.1, 0.15) is 25.8 Å². The third-order valence-corrected chi connectivity index (χ3v) is 4.93. The van der Waals surface area contributed by atoms with Crippen LogP contribution in [0.15, 0.2) is 53.4 Å².